The fourth-order valence-corrected chi connectivity index (χ4v) is 3.57. The Morgan fingerprint density at radius 1 is 1.39 bits per heavy atom. The van der Waals surface area contributed by atoms with Crippen LogP contribution < -0.4 is 5.32 Å². The van der Waals surface area contributed by atoms with Gasteiger partial charge in [-0.15, -0.1) is 10.2 Å². The lowest BCUT2D eigenvalue weighted by Crippen LogP contribution is -2.35. The first kappa shape index (κ1) is 13.5. The Bertz CT molecular complexity index is 516. The lowest BCUT2D eigenvalue weighted by molar-refractivity contribution is 0.364. The second-order valence-electron chi connectivity index (χ2n) is 5.74. The van der Waals surface area contributed by atoms with Crippen LogP contribution in [-0.2, 0) is 16.4 Å². The molecule has 0 amide bonds. The highest BCUT2D eigenvalue weighted by Gasteiger charge is 2.32. The fraction of sp³-hybridized carbons (Fsp3) is 0.818. The van der Waals surface area contributed by atoms with Gasteiger partial charge in [-0.25, -0.2) is 8.42 Å². The van der Waals surface area contributed by atoms with E-state index in [1.165, 1.54) is 0 Å². The number of rotatable bonds is 3. The standard InChI is InChI=1S/C11H19N3O3S/c1-11(2,3)12-6-9-13-14-10(17-9)8-4-5-18(15,16)7-8/h8,12H,4-7H2,1-3H3. The van der Waals surface area contributed by atoms with Gasteiger partial charge in [0.2, 0.25) is 11.8 Å². The van der Waals surface area contributed by atoms with Crippen LogP contribution in [0, 0.1) is 0 Å². The van der Waals surface area contributed by atoms with Gasteiger partial charge in [0, 0.05) is 5.54 Å². The Balaban J connectivity index is 1.99. The van der Waals surface area contributed by atoms with Gasteiger partial charge in [-0.3, -0.25) is 0 Å². The van der Waals surface area contributed by atoms with Gasteiger partial charge in [-0.2, -0.15) is 0 Å². The number of aromatic nitrogens is 2. The molecular formula is C11H19N3O3S. The van der Waals surface area contributed by atoms with Gasteiger partial charge in [0.25, 0.3) is 0 Å². The molecule has 1 aromatic heterocycles. The van der Waals surface area contributed by atoms with E-state index in [2.05, 4.69) is 15.5 Å². The first-order valence-corrected chi connectivity index (χ1v) is 7.85. The molecule has 1 N–H and O–H groups in total. The third-order valence-corrected chi connectivity index (χ3v) is 4.60. The Hall–Kier alpha value is -0.950. The maximum Gasteiger partial charge on any atom is 0.230 e. The molecule has 0 bridgehead atoms. The summed E-state index contributed by atoms with van der Waals surface area (Å²) in [5.41, 5.74) is -0.0225. The summed E-state index contributed by atoms with van der Waals surface area (Å²) in [5.74, 6) is 1.16. The summed E-state index contributed by atoms with van der Waals surface area (Å²) in [4.78, 5) is 0. The molecule has 0 aromatic carbocycles. The lowest BCUT2D eigenvalue weighted by Gasteiger charge is -2.18. The normalized spacial score (nSPS) is 23.4. The molecule has 0 aliphatic carbocycles. The summed E-state index contributed by atoms with van der Waals surface area (Å²) < 4.78 is 28.3. The summed E-state index contributed by atoms with van der Waals surface area (Å²) in [7, 11) is -2.91. The van der Waals surface area contributed by atoms with E-state index in [9.17, 15) is 8.42 Å². The van der Waals surface area contributed by atoms with Crippen molar-refractivity contribution in [3.63, 3.8) is 0 Å². The van der Waals surface area contributed by atoms with Gasteiger partial charge in [0.1, 0.15) is 0 Å². The predicted octanol–water partition coefficient (Wildman–Crippen LogP) is 0.860. The highest BCUT2D eigenvalue weighted by molar-refractivity contribution is 7.91. The third-order valence-electron chi connectivity index (χ3n) is 2.83. The van der Waals surface area contributed by atoms with Crippen LogP contribution in [-0.4, -0.2) is 35.7 Å². The van der Waals surface area contributed by atoms with Crippen molar-refractivity contribution in [2.75, 3.05) is 11.5 Å². The van der Waals surface area contributed by atoms with Crippen LogP contribution >= 0.6 is 0 Å². The van der Waals surface area contributed by atoms with Crippen molar-refractivity contribution >= 4 is 9.84 Å². The minimum atomic E-state index is -2.91. The van der Waals surface area contributed by atoms with Crippen LogP contribution in [0.25, 0.3) is 0 Å². The molecule has 6 nitrogen and oxygen atoms in total. The van der Waals surface area contributed by atoms with Crippen molar-refractivity contribution < 1.29 is 12.8 Å². The first-order chi connectivity index (χ1) is 8.25. The molecule has 1 atom stereocenters. The zero-order valence-electron chi connectivity index (χ0n) is 10.9. The molecule has 1 aliphatic heterocycles. The average molecular weight is 273 g/mol. The van der Waals surface area contributed by atoms with Crippen molar-refractivity contribution in [1.29, 1.82) is 0 Å². The quantitative estimate of drug-likeness (QED) is 0.879. The summed E-state index contributed by atoms with van der Waals surface area (Å²) >= 11 is 0. The molecule has 7 heteroatoms. The Morgan fingerprint density at radius 3 is 2.67 bits per heavy atom. The zero-order chi connectivity index (χ0) is 13.4. The zero-order valence-corrected chi connectivity index (χ0v) is 11.7. The van der Waals surface area contributed by atoms with Crippen LogP contribution in [0.5, 0.6) is 0 Å². The molecule has 2 rings (SSSR count). The molecule has 1 aromatic rings. The summed E-state index contributed by atoms with van der Waals surface area (Å²) in [5, 5.41) is 11.1. The number of sulfone groups is 1. The highest BCUT2D eigenvalue weighted by Crippen LogP contribution is 2.27. The number of hydrogen-bond donors (Lipinski definition) is 1. The Morgan fingerprint density at radius 2 is 2.11 bits per heavy atom. The van der Waals surface area contributed by atoms with E-state index < -0.39 is 9.84 Å². The summed E-state index contributed by atoms with van der Waals surface area (Å²) in [6, 6.07) is 0. The highest BCUT2D eigenvalue weighted by atomic mass is 32.2. The molecule has 2 heterocycles. The summed E-state index contributed by atoms with van der Waals surface area (Å²) in [6.07, 6.45) is 0.580. The minimum Gasteiger partial charge on any atom is -0.424 e. The van der Waals surface area contributed by atoms with Gasteiger partial charge in [-0.05, 0) is 27.2 Å². The van der Waals surface area contributed by atoms with Crippen molar-refractivity contribution in [3.8, 4) is 0 Å². The topological polar surface area (TPSA) is 85.1 Å². The van der Waals surface area contributed by atoms with E-state index in [1.54, 1.807) is 0 Å². The third kappa shape index (κ3) is 3.52. The van der Waals surface area contributed by atoms with Crippen LogP contribution in [0.4, 0.5) is 0 Å². The molecule has 0 radical (unpaired) electrons. The van der Waals surface area contributed by atoms with Crippen molar-refractivity contribution in [2.45, 2.75) is 45.2 Å². The Labute approximate surface area is 107 Å². The Kier molecular flexibility index (Phi) is 3.46. The van der Waals surface area contributed by atoms with Gasteiger partial charge in [0.15, 0.2) is 9.84 Å². The average Bonchev–Trinajstić information content (AvgIpc) is 2.80. The van der Waals surface area contributed by atoms with Crippen LogP contribution in [0.1, 0.15) is 44.9 Å². The number of nitrogens with one attached hydrogen (secondary N) is 1. The lowest BCUT2D eigenvalue weighted by atomic mass is 10.1. The molecule has 102 valence electrons. The number of hydrogen-bond acceptors (Lipinski definition) is 6. The van der Waals surface area contributed by atoms with E-state index in [-0.39, 0.29) is 23.0 Å². The monoisotopic (exact) mass is 273 g/mol. The van der Waals surface area contributed by atoms with E-state index in [1.807, 2.05) is 20.8 Å². The van der Waals surface area contributed by atoms with E-state index in [4.69, 9.17) is 4.42 Å². The predicted molar refractivity (Wildman–Crippen MR) is 66.9 cm³/mol. The van der Waals surface area contributed by atoms with Crippen molar-refractivity contribution in [1.82, 2.24) is 15.5 Å². The smallest absolute Gasteiger partial charge is 0.230 e. The summed E-state index contributed by atoms with van der Waals surface area (Å²) in [6.45, 7) is 6.64. The molecular weight excluding hydrogens is 254 g/mol. The van der Waals surface area contributed by atoms with Crippen LogP contribution in [0.15, 0.2) is 4.42 Å². The van der Waals surface area contributed by atoms with Crippen molar-refractivity contribution in [2.24, 2.45) is 0 Å². The largest absolute Gasteiger partial charge is 0.424 e. The van der Waals surface area contributed by atoms with E-state index >= 15 is 0 Å². The van der Waals surface area contributed by atoms with Crippen molar-refractivity contribution in [3.05, 3.63) is 11.8 Å². The van der Waals surface area contributed by atoms with Gasteiger partial charge >= 0.3 is 0 Å². The van der Waals surface area contributed by atoms with Crippen LogP contribution in [0.3, 0.4) is 0 Å². The fourth-order valence-electron chi connectivity index (χ4n) is 1.83. The molecule has 0 spiro atoms. The molecule has 18 heavy (non-hydrogen) atoms. The molecule has 1 fully saturated rings. The maximum atomic E-state index is 11.4. The van der Waals surface area contributed by atoms with Crippen LogP contribution in [0.2, 0.25) is 0 Å². The van der Waals surface area contributed by atoms with Gasteiger partial charge < -0.3 is 9.73 Å². The number of nitrogens with zero attached hydrogens (tertiary/aromatic N) is 2. The SMILES string of the molecule is CC(C)(C)NCc1nnc(C2CCS(=O)(=O)C2)o1. The first-order valence-electron chi connectivity index (χ1n) is 6.03. The second-order valence-corrected chi connectivity index (χ2v) is 7.97. The molecule has 1 aliphatic rings. The molecule has 0 saturated carbocycles. The van der Waals surface area contributed by atoms with Gasteiger partial charge in [-0.1, -0.05) is 0 Å². The maximum absolute atomic E-state index is 11.4. The van der Waals surface area contributed by atoms with Gasteiger partial charge in [0.05, 0.1) is 24.0 Å². The second kappa shape index (κ2) is 4.62. The minimum absolute atomic E-state index is 0.0225. The van der Waals surface area contributed by atoms with E-state index in [0.717, 1.165) is 0 Å². The molecule has 1 saturated heterocycles. The van der Waals surface area contributed by atoms with E-state index in [0.29, 0.717) is 24.7 Å². The molecule has 1 unspecified atom stereocenters.